The molecule has 2 N–H and O–H groups in total. The molecule has 0 unspecified atom stereocenters. The SMILES string of the molecule is COc1ccc(-c2ccccc2C=NN)cc1OC. The first-order valence-electron chi connectivity index (χ1n) is 5.85. The van der Waals surface area contributed by atoms with Crippen molar-refractivity contribution < 1.29 is 9.47 Å². The number of ether oxygens (including phenoxy) is 2. The van der Waals surface area contributed by atoms with Gasteiger partial charge in [-0.3, -0.25) is 0 Å². The molecule has 0 saturated heterocycles. The number of hydrazone groups is 1. The Labute approximate surface area is 112 Å². The summed E-state index contributed by atoms with van der Waals surface area (Å²) in [5.74, 6) is 6.63. The second-order valence-electron chi connectivity index (χ2n) is 3.94. The predicted molar refractivity (Wildman–Crippen MR) is 76.8 cm³/mol. The maximum Gasteiger partial charge on any atom is 0.161 e. The minimum absolute atomic E-state index is 0.694. The smallest absolute Gasteiger partial charge is 0.161 e. The van der Waals surface area contributed by atoms with Gasteiger partial charge in [-0.15, -0.1) is 0 Å². The van der Waals surface area contributed by atoms with Gasteiger partial charge in [0, 0.05) is 5.56 Å². The van der Waals surface area contributed by atoms with Crippen molar-refractivity contribution in [3.05, 3.63) is 48.0 Å². The van der Waals surface area contributed by atoms with E-state index >= 15 is 0 Å². The number of nitrogens with zero attached hydrogens (tertiary/aromatic N) is 1. The van der Waals surface area contributed by atoms with Crippen molar-refractivity contribution in [1.82, 2.24) is 0 Å². The van der Waals surface area contributed by atoms with Crippen molar-refractivity contribution in [3.8, 4) is 22.6 Å². The maximum absolute atomic E-state index is 5.31. The Balaban J connectivity index is 2.53. The lowest BCUT2D eigenvalue weighted by Gasteiger charge is -2.11. The number of benzene rings is 2. The average Bonchev–Trinajstić information content (AvgIpc) is 2.47. The Hall–Kier alpha value is -2.49. The number of hydrogen-bond donors (Lipinski definition) is 1. The molecule has 19 heavy (non-hydrogen) atoms. The molecular formula is C15H16N2O2. The molecule has 0 bridgehead atoms. The van der Waals surface area contributed by atoms with Gasteiger partial charge < -0.3 is 15.3 Å². The zero-order valence-electron chi connectivity index (χ0n) is 11.0. The van der Waals surface area contributed by atoms with Crippen molar-refractivity contribution in [2.24, 2.45) is 10.9 Å². The second kappa shape index (κ2) is 5.91. The molecule has 0 atom stereocenters. The van der Waals surface area contributed by atoms with Gasteiger partial charge >= 0.3 is 0 Å². The van der Waals surface area contributed by atoms with Gasteiger partial charge in [-0.25, -0.2) is 0 Å². The van der Waals surface area contributed by atoms with Crippen LogP contribution in [-0.4, -0.2) is 20.4 Å². The Morgan fingerprint density at radius 2 is 1.74 bits per heavy atom. The normalized spacial score (nSPS) is 10.6. The van der Waals surface area contributed by atoms with E-state index in [1.807, 2.05) is 42.5 Å². The highest BCUT2D eigenvalue weighted by Crippen LogP contribution is 2.33. The topological polar surface area (TPSA) is 56.8 Å². The molecule has 0 heterocycles. The lowest BCUT2D eigenvalue weighted by atomic mass is 10.00. The molecule has 0 saturated carbocycles. The first-order chi connectivity index (χ1) is 9.30. The maximum atomic E-state index is 5.31. The second-order valence-corrected chi connectivity index (χ2v) is 3.94. The minimum atomic E-state index is 0.694. The Kier molecular flexibility index (Phi) is 4.03. The van der Waals surface area contributed by atoms with Gasteiger partial charge in [0.2, 0.25) is 0 Å². The molecule has 0 aliphatic rings. The van der Waals surface area contributed by atoms with Crippen LogP contribution in [0.2, 0.25) is 0 Å². The molecule has 4 nitrogen and oxygen atoms in total. The molecule has 0 aliphatic heterocycles. The van der Waals surface area contributed by atoms with E-state index < -0.39 is 0 Å². The summed E-state index contributed by atoms with van der Waals surface area (Å²) >= 11 is 0. The third-order valence-corrected chi connectivity index (χ3v) is 2.87. The summed E-state index contributed by atoms with van der Waals surface area (Å²) in [6, 6.07) is 13.7. The standard InChI is InChI=1S/C15H16N2O2/c1-18-14-8-7-11(9-15(14)19-2)13-6-4-3-5-12(13)10-17-16/h3-10H,16H2,1-2H3. The van der Waals surface area contributed by atoms with Gasteiger partial charge in [0.25, 0.3) is 0 Å². The fourth-order valence-corrected chi connectivity index (χ4v) is 1.96. The summed E-state index contributed by atoms with van der Waals surface area (Å²) in [4.78, 5) is 0. The van der Waals surface area contributed by atoms with Gasteiger partial charge in [0.05, 0.1) is 20.4 Å². The van der Waals surface area contributed by atoms with Crippen LogP contribution in [0.3, 0.4) is 0 Å². The zero-order chi connectivity index (χ0) is 13.7. The van der Waals surface area contributed by atoms with Crippen LogP contribution in [0.1, 0.15) is 5.56 Å². The summed E-state index contributed by atoms with van der Waals surface area (Å²) in [7, 11) is 3.24. The third kappa shape index (κ3) is 2.68. The van der Waals surface area contributed by atoms with Gasteiger partial charge in [-0.05, 0) is 23.3 Å². The first kappa shape index (κ1) is 13.0. The molecule has 0 spiro atoms. The van der Waals surface area contributed by atoms with Crippen LogP contribution in [0.4, 0.5) is 0 Å². The largest absolute Gasteiger partial charge is 0.493 e. The number of nitrogens with two attached hydrogens (primary N) is 1. The first-order valence-corrected chi connectivity index (χ1v) is 5.85. The van der Waals surface area contributed by atoms with E-state index in [1.165, 1.54) is 0 Å². The number of hydrogen-bond acceptors (Lipinski definition) is 4. The molecule has 0 fully saturated rings. The zero-order valence-corrected chi connectivity index (χ0v) is 11.0. The van der Waals surface area contributed by atoms with Crippen LogP contribution in [-0.2, 0) is 0 Å². The monoisotopic (exact) mass is 256 g/mol. The van der Waals surface area contributed by atoms with Gasteiger partial charge in [0.1, 0.15) is 0 Å². The summed E-state index contributed by atoms with van der Waals surface area (Å²) < 4.78 is 10.5. The van der Waals surface area contributed by atoms with Crippen molar-refractivity contribution in [2.75, 3.05) is 14.2 Å². The lowest BCUT2D eigenvalue weighted by Crippen LogP contribution is -1.93. The molecule has 0 aromatic heterocycles. The number of methoxy groups -OCH3 is 2. The van der Waals surface area contributed by atoms with Crippen LogP contribution in [0.5, 0.6) is 11.5 Å². The Bertz CT molecular complexity index is 594. The lowest BCUT2D eigenvalue weighted by molar-refractivity contribution is 0.355. The van der Waals surface area contributed by atoms with Gasteiger partial charge in [0.15, 0.2) is 11.5 Å². The van der Waals surface area contributed by atoms with E-state index in [0.29, 0.717) is 11.5 Å². The fourth-order valence-electron chi connectivity index (χ4n) is 1.96. The quantitative estimate of drug-likeness (QED) is 0.520. The van der Waals surface area contributed by atoms with Crippen LogP contribution in [0.25, 0.3) is 11.1 Å². The van der Waals surface area contributed by atoms with Crippen LogP contribution in [0.15, 0.2) is 47.6 Å². The van der Waals surface area contributed by atoms with Gasteiger partial charge in [-0.1, -0.05) is 30.3 Å². The van der Waals surface area contributed by atoms with E-state index in [-0.39, 0.29) is 0 Å². The molecular weight excluding hydrogens is 240 g/mol. The van der Waals surface area contributed by atoms with E-state index in [9.17, 15) is 0 Å². The Morgan fingerprint density at radius 3 is 2.42 bits per heavy atom. The van der Waals surface area contributed by atoms with E-state index in [2.05, 4.69) is 5.10 Å². The van der Waals surface area contributed by atoms with Crippen LogP contribution in [0, 0.1) is 0 Å². The van der Waals surface area contributed by atoms with Gasteiger partial charge in [-0.2, -0.15) is 5.10 Å². The van der Waals surface area contributed by atoms with Crippen molar-refractivity contribution in [2.45, 2.75) is 0 Å². The van der Waals surface area contributed by atoms with E-state index in [1.54, 1.807) is 20.4 Å². The van der Waals surface area contributed by atoms with Crippen LogP contribution < -0.4 is 15.3 Å². The molecule has 98 valence electrons. The van der Waals surface area contributed by atoms with Crippen LogP contribution >= 0.6 is 0 Å². The van der Waals surface area contributed by atoms with Crippen molar-refractivity contribution in [1.29, 1.82) is 0 Å². The molecule has 2 aromatic carbocycles. The highest BCUT2D eigenvalue weighted by Gasteiger charge is 2.08. The minimum Gasteiger partial charge on any atom is -0.493 e. The number of rotatable bonds is 4. The van der Waals surface area contributed by atoms with E-state index in [4.69, 9.17) is 15.3 Å². The highest BCUT2D eigenvalue weighted by atomic mass is 16.5. The van der Waals surface area contributed by atoms with Crippen molar-refractivity contribution >= 4 is 6.21 Å². The molecule has 0 radical (unpaired) electrons. The van der Waals surface area contributed by atoms with Crippen molar-refractivity contribution in [3.63, 3.8) is 0 Å². The molecule has 0 aliphatic carbocycles. The molecule has 2 rings (SSSR count). The Morgan fingerprint density at radius 1 is 1.00 bits per heavy atom. The third-order valence-electron chi connectivity index (χ3n) is 2.87. The summed E-state index contributed by atoms with van der Waals surface area (Å²) in [6.45, 7) is 0. The molecule has 2 aromatic rings. The highest BCUT2D eigenvalue weighted by molar-refractivity contribution is 5.90. The molecule has 4 heteroatoms. The summed E-state index contributed by atoms with van der Waals surface area (Å²) in [5.41, 5.74) is 3.02. The van der Waals surface area contributed by atoms with E-state index in [0.717, 1.165) is 16.7 Å². The molecule has 0 amide bonds. The summed E-state index contributed by atoms with van der Waals surface area (Å²) in [5, 5.41) is 3.59. The summed E-state index contributed by atoms with van der Waals surface area (Å²) in [6.07, 6.45) is 1.63. The average molecular weight is 256 g/mol. The fraction of sp³-hybridized carbons (Fsp3) is 0.133. The predicted octanol–water partition coefficient (Wildman–Crippen LogP) is 2.66.